The van der Waals surface area contributed by atoms with Crippen molar-refractivity contribution in [2.45, 2.75) is 97.8 Å². The van der Waals surface area contributed by atoms with Crippen LogP contribution in [0.15, 0.2) is 41.5 Å². The molecule has 61 heavy (non-hydrogen) atoms. The van der Waals surface area contributed by atoms with E-state index in [1.807, 2.05) is 25.1 Å². The maximum absolute atomic E-state index is 13.7. The molecule has 0 saturated heterocycles. The quantitative estimate of drug-likeness (QED) is 0.0610. The number of nitrogens with zero attached hydrogens (tertiary/aromatic N) is 7. The Morgan fingerprint density at radius 3 is 2.46 bits per heavy atom. The number of aryl methyl sites for hydroxylation is 2. The Morgan fingerprint density at radius 1 is 1.00 bits per heavy atom. The van der Waals surface area contributed by atoms with E-state index in [4.69, 9.17) is 33.1 Å². The molecule has 14 nitrogen and oxygen atoms in total. The number of nitro benzene ring substituents is 1. The normalized spacial score (nSPS) is 15.5. The van der Waals surface area contributed by atoms with Crippen LogP contribution in [0.4, 0.5) is 11.4 Å². The van der Waals surface area contributed by atoms with Crippen molar-refractivity contribution >= 4 is 105 Å². The molecule has 1 amide bonds. The van der Waals surface area contributed by atoms with Gasteiger partial charge in [-0.05, 0) is 85.1 Å². The van der Waals surface area contributed by atoms with Crippen molar-refractivity contribution in [2.75, 3.05) is 18.4 Å². The predicted octanol–water partition coefficient (Wildman–Crippen LogP) is 9.12. The molecule has 6 heterocycles. The molecule has 2 radical (unpaired) electrons. The summed E-state index contributed by atoms with van der Waals surface area (Å²) in [5, 5.41) is 25.1. The van der Waals surface area contributed by atoms with E-state index >= 15 is 0 Å². The van der Waals surface area contributed by atoms with E-state index in [0.29, 0.717) is 48.2 Å². The van der Waals surface area contributed by atoms with Crippen LogP contribution in [0.1, 0.15) is 133 Å². The molecular formula is C45H47ClInN9O5-2. The van der Waals surface area contributed by atoms with Crippen LogP contribution in [-0.2, 0) is 11.2 Å². The summed E-state index contributed by atoms with van der Waals surface area (Å²) >= 11 is 0.822. The van der Waals surface area contributed by atoms with Crippen LogP contribution < -0.4 is 20.6 Å². The van der Waals surface area contributed by atoms with Gasteiger partial charge in [-0.1, -0.05) is 68.7 Å². The summed E-state index contributed by atoms with van der Waals surface area (Å²) in [5.41, 5.74) is 14.0. The van der Waals surface area contributed by atoms with Gasteiger partial charge in [0.15, 0.2) is 11.3 Å². The fraction of sp³-hybridized carbons (Fsp3) is 0.378. The number of ketones is 1. The van der Waals surface area contributed by atoms with Gasteiger partial charge in [-0.3, -0.25) is 24.7 Å². The first-order chi connectivity index (χ1) is 29.5. The van der Waals surface area contributed by atoms with Crippen molar-refractivity contribution in [1.82, 2.24) is 35.6 Å². The van der Waals surface area contributed by atoms with Gasteiger partial charge >= 0.3 is 37.5 Å². The fourth-order valence-electron chi connectivity index (χ4n) is 8.84. The number of unbranched alkanes of at least 4 members (excludes halogenated alkanes) is 3. The molecule has 5 aromatic rings. The summed E-state index contributed by atoms with van der Waals surface area (Å²) in [6.45, 7) is 15.7. The number of hydrogen-bond acceptors (Lipinski definition) is 10. The molecule has 4 aromatic heterocycles. The van der Waals surface area contributed by atoms with Gasteiger partial charge in [-0.15, -0.1) is 22.1 Å². The minimum absolute atomic E-state index is 0.0162. The Kier molecular flexibility index (Phi) is 13.5. The number of allylic oxidation sites excluding steroid dienone is 2. The molecule has 2 atom stereocenters. The number of fused-ring (bicyclic) bond motifs is 9. The van der Waals surface area contributed by atoms with Gasteiger partial charge in [0, 0.05) is 60.8 Å². The Labute approximate surface area is 371 Å². The van der Waals surface area contributed by atoms with E-state index in [9.17, 15) is 19.7 Å². The number of Topliss-reactive ketones (excluding diaryl/α,β-unsaturated/α-hetero) is 1. The molecule has 0 fully saturated rings. The summed E-state index contributed by atoms with van der Waals surface area (Å²) in [6, 6.07) is 9.11. The Balaban J connectivity index is 0.00000277. The summed E-state index contributed by atoms with van der Waals surface area (Å²) in [7, 11) is 4.77. The van der Waals surface area contributed by atoms with E-state index in [0.717, 1.165) is 128 Å². The van der Waals surface area contributed by atoms with Crippen molar-refractivity contribution in [3.8, 4) is 0 Å². The van der Waals surface area contributed by atoms with Crippen LogP contribution in [0.25, 0.3) is 50.3 Å². The molecule has 0 saturated carbocycles. The first kappa shape index (κ1) is 43.8. The second-order valence-electron chi connectivity index (χ2n) is 15.7. The second-order valence-corrected chi connectivity index (χ2v) is 15.7. The van der Waals surface area contributed by atoms with Gasteiger partial charge < -0.3 is 20.6 Å². The average Bonchev–Trinajstić information content (AvgIpc) is 4.09. The van der Waals surface area contributed by atoms with E-state index in [-0.39, 0.29) is 41.2 Å². The third kappa shape index (κ3) is 8.51. The van der Waals surface area contributed by atoms with E-state index in [1.54, 1.807) is 6.07 Å². The van der Waals surface area contributed by atoms with Crippen LogP contribution in [0, 0.1) is 24.0 Å². The van der Waals surface area contributed by atoms with E-state index < -0.39 is 4.92 Å². The standard InChI is InChI=1S/C45H49N9O5.ClH.In/c1-7-27-23(3)32-20-34-25(5)29(13-16-40(56)47-18-12-10-9-11-17-46-31-14-15-38(54(57)58)45-44(31)52-59-53-45)42(50-34)30-19-39(55)41-26(6)35(51-43(30)41)22-37-28(8-2)24(4)33(49-37)21-36(27)48-32;;/h7,14-15,20-22,25,29H,1,8-13,16-19H2,2-6H3,(H4,46,47,48,49,50,51,52,53,55,56);1H;/q;;+1/p-3/t25-,29-;;/m0../s1. The molecule has 0 spiro atoms. The first-order valence-electron chi connectivity index (χ1n) is 20.6. The summed E-state index contributed by atoms with van der Waals surface area (Å²) in [4.78, 5) is 58.2. The third-order valence-corrected chi connectivity index (χ3v) is 12.2. The number of rotatable bonds is 14. The van der Waals surface area contributed by atoms with Crippen molar-refractivity contribution in [2.24, 2.45) is 0 Å². The van der Waals surface area contributed by atoms with Gasteiger partial charge in [0.2, 0.25) is 11.4 Å². The number of nitro groups is 1. The molecule has 2 N–H and O–H groups in total. The van der Waals surface area contributed by atoms with Crippen molar-refractivity contribution in [3.63, 3.8) is 0 Å². The van der Waals surface area contributed by atoms with E-state index in [1.165, 1.54) is 6.07 Å². The van der Waals surface area contributed by atoms with Crippen LogP contribution in [0.2, 0.25) is 0 Å². The van der Waals surface area contributed by atoms with Crippen LogP contribution >= 0.6 is 8.58 Å². The molecule has 314 valence electrons. The molecule has 8 rings (SSSR count). The number of aromatic nitrogens is 6. The molecule has 0 unspecified atom stereocenters. The summed E-state index contributed by atoms with van der Waals surface area (Å²) < 4.78 is 4.74. The topological polar surface area (TPSA) is 194 Å². The van der Waals surface area contributed by atoms with Crippen LogP contribution in [-0.4, -0.2) is 73.2 Å². The number of carbonyl (C=O) groups excluding carboxylic acids is 2. The Hall–Kier alpha value is -5.28. The SMILES string of the molecule is C=Cc1c(C)c2cc3nc(c4c5[n-]c(cc6nc(cc1[n-]2)C(C)=C6CC)c(C)c5C(=O)C4)[C@@H](CCC(=O)NCCCCCCNc1ccc([N+](=O)[O-])c2nonc12)[C@@H]3C.[Cl][In]. The molecule has 1 aliphatic carbocycles. The van der Waals surface area contributed by atoms with Gasteiger partial charge in [0.05, 0.1) is 22.0 Å². The number of benzene rings is 1. The fourth-order valence-corrected chi connectivity index (χ4v) is 8.84. The number of non-ortho nitro benzene ring substituents is 1. The zero-order valence-corrected chi connectivity index (χ0v) is 39.1. The molecule has 8 bridgehead atoms. The summed E-state index contributed by atoms with van der Waals surface area (Å²) in [5.74, 6) is -0.0892. The third-order valence-electron chi connectivity index (χ3n) is 12.2. The number of anilines is 1. The van der Waals surface area contributed by atoms with Gasteiger partial charge in [-0.2, -0.15) is 0 Å². The second kappa shape index (κ2) is 18.8. The summed E-state index contributed by atoms with van der Waals surface area (Å²) in [6.07, 6.45) is 7.35. The molecule has 16 heteroatoms. The molecule has 1 aromatic carbocycles. The number of halogens is 1. The van der Waals surface area contributed by atoms with E-state index in [2.05, 4.69) is 61.3 Å². The van der Waals surface area contributed by atoms with Crippen LogP contribution in [0.3, 0.4) is 0 Å². The monoisotopic (exact) mass is 943 g/mol. The first-order valence-corrected chi connectivity index (χ1v) is 24.8. The van der Waals surface area contributed by atoms with Gasteiger partial charge in [0.1, 0.15) is 0 Å². The number of hydrogen-bond donors (Lipinski definition) is 2. The van der Waals surface area contributed by atoms with Crippen molar-refractivity contribution < 1.29 is 19.1 Å². The minimum atomic E-state index is -0.507. The van der Waals surface area contributed by atoms with Gasteiger partial charge in [-0.25, -0.2) is 9.61 Å². The van der Waals surface area contributed by atoms with Crippen LogP contribution in [0.5, 0.6) is 0 Å². The van der Waals surface area contributed by atoms with Crippen molar-refractivity contribution in [3.05, 3.63) is 97.6 Å². The molecule has 2 aliphatic heterocycles. The maximum atomic E-state index is 13.7. The zero-order valence-electron chi connectivity index (χ0n) is 35.0. The average molecular weight is 944 g/mol. The Morgan fingerprint density at radius 2 is 1.72 bits per heavy atom. The predicted molar refractivity (Wildman–Crippen MR) is 240 cm³/mol. The Bertz CT molecular complexity index is 2770. The number of carbonyl (C=O) groups is 2. The van der Waals surface area contributed by atoms with Gasteiger partial charge in [0.25, 0.3) is 0 Å². The zero-order chi connectivity index (χ0) is 43.5. The number of amides is 1. The molecule has 3 aliphatic rings. The molecular weight excluding hydrogens is 897 g/mol. The van der Waals surface area contributed by atoms with Crippen molar-refractivity contribution in [1.29, 1.82) is 0 Å². The number of nitrogens with one attached hydrogen (secondary N) is 2.